The molecule has 1 fully saturated rings. The van der Waals surface area contributed by atoms with Gasteiger partial charge in [-0.3, -0.25) is 9.78 Å². The van der Waals surface area contributed by atoms with Gasteiger partial charge < -0.3 is 9.47 Å². The van der Waals surface area contributed by atoms with E-state index in [0.29, 0.717) is 12.6 Å². The summed E-state index contributed by atoms with van der Waals surface area (Å²) in [4.78, 5) is 18.8. The third-order valence-electron chi connectivity index (χ3n) is 4.37. The molecule has 1 saturated carbocycles. The van der Waals surface area contributed by atoms with Gasteiger partial charge in [0.25, 0.3) is 5.91 Å². The second kappa shape index (κ2) is 5.54. The Labute approximate surface area is 135 Å². The summed E-state index contributed by atoms with van der Waals surface area (Å²) in [6.45, 7) is 0.597. The van der Waals surface area contributed by atoms with E-state index < -0.39 is 0 Å². The molecule has 0 saturated heterocycles. The molecule has 4 nitrogen and oxygen atoms in total. The van der Waals surface area contributed by atoms with Crippen LogP contribution in [-0.4, -0.2) is 27.4 Å². The molecule has 4 rings (SSSR count). The molecule has 2 aromatic heterocycles. The Kier molecular flexibility index (Phi) is 3.37. The summed E-state index contributed by atoms with van der Waals surface area (Å²) in [6.07, 6.45) is 6.16. The molecule has 0 radical (unpaired) electrons. The summed E-state index contributed by atoms with van der Waals surface area (Å²) in [5.41, 5.74) is 2.89. The highest BCUT2D eigenvalue weighted by molar-refractivity contribution is 5.92. The Balaban J connectivity index is 1.54. The summed E-state index contributed by atoms with van der Waals surface area (Å²) in [5, 5.41) is 1.10. The number of aromatic nitrogens is 2. The van der Waals surface area contributed by atoms with Gasteiger partial charge in [-0.25, -0.2) is 0 Å². The van der Waals surface area contributed by atoms with Crippen molar-refractivity contribution >= 4 is 16.8 Å². The first kappa shape index (κ1) is 14.0. The molecule has 0 spiro atoms. The van der Waals surface area contributed by atoms with Crippen LogP contribution in [0.4, 0.5) is 0 Å². The number of rotatable bonds is 4. The molecule has 1 aromatic carbocycles. The minimum absolute atomic E-state index is 0.0770. The van der Waals surface area contributed by atoms with Crippen LogP contribution in [0.3, 0.4) is 0 Å². The summed E-state index contributed by atoms with van der Waals surface area (Å²) in [6, 6.07) is 14.5. The van der Waals surface area contributed by atoms with E-state index >= 15 is 0 Å². The van der Waals surface area contributed by atoms with E-state index in [0.717, 1.165) is 22.2 Å². The Hall–Kier alpha value is -2.62. The molecule has 23 heavy (non-hydrogen) atoms. The first-order valence-electron chi connectivity index (χ1n) is 7.98. The smallest absolute Gasteiger partial charge is 0.270 e. The molecule has 2 heterocycles. The molecule has 1 aliphatic rings. The van der Waals surface area contributed by atoms with Crippen LogP contribution in [-0.2, 0) is 6.54 Å². The Morgan fingerprint density at radius 3 is 2.96 bits per heavy atom. The molecular weight excluding hydrogens is 286 g/mol. The lowest BCUT2D eigenvalue weighted by Gasteiger charge is -2.19. The minimum atomic E-state index is 0.0770. The molecule has 0 bridgehead atoms. The lowest BCUT2D eigenvalue weighted by molar-refractivity contribution is 0.0774. The lowest BCUT2D eigenvalue weighted by Crippen LogP contribution is -2.28. The topological polar surface area (TPSA) is 38.1 Å². The summed E-state index contributed by atoms with van der Waals surface area (Å²) in [5.74, 6) is 0.0770. The number of nitrogens with zero attached hydrogens (tertiary/aromatic N) is 3. The maximum atomic E-state index is 12.7. The van der Waals surface area contributed by atoms with Crippen LogP contribution in [0.25, 0.3) is 10.9 Å². The number of carbonyl (C=O) groups excluding carboxylic acids is 1. The van der Waals surface area contributed by atoms with E-state index in [1.807, 2.05) is 49.6 Å². The zero-order valence-corrected chi connectivity index (χ0v) is 13.1. The zero-order chi connectivity index (χ0) is 15.8. The second-order valence-electron chi connectivity index (χ2n) is 6.22. The third-order valence-corrected chi connectivity index (χ3v) is 4.37. The molecule has 3 aromatic rings. The van der Waals surface area contributed by atoms with Gasteiger partial charge in [0.05, 0.1) is 5.52 Å². The Morgan fingerprint density at radius 2 is 2.13 bits per heavy atom. The van der Waals surface area contributed by atoms with E-state index in [1.165, 1.54) is 12.8 Å². The van der Waals surface area contributed by atoms with Crippen LogP contribution in [0.1, 0.15) is 34.9 Å². The Bertz CT molecular complexity index is 864. The van der Waals surface area contributed by atoms with Crippen molar-refractivity contribution in [3.8, 4) is 0 Å². The van der Waals surface area contributed by atoms with Gasteiger partial charge in [0.1, 0.15) is 5.69 Å². The second-order valence-corrected chi connectivity index (χ2v) is 6.22. The molecule has 4 heteroatoms. The van der Waals surface area contributed by atoms with Crippen molar-refractivity contribution in [1.29, 1.82) is 0 Å². The van der Waals surface area contributed by atoms with Crippen molar-refractivity contribution in [3.63, 3.8) is 0 Å². The molecule has 116 valence electrons. The number of hydrogen-bond donors (Lipinski definition) is 0. The van der Waals surface area contributed by atoms with Crippen molar-refractivity contribution in [3.05, 3.63) is 66.1 Å². The minimum Gasteiger partial charge on any atom is -0.340 e. The predicted molar refractivity (Wildman–Crippen MR) is 90.2 cm³/mol. The van der Waals surface area contributed by atoms with Crippen molar-refractivity contribution in [2.75, 3.05) is 7.05 Å². The first-order chi connectivity index (χ1) is 11.2. The average molecular weight is 305 g/mol. The SMILES string of the molecule is CN(Cc1ccc2ncccc2c1)C(=O)c1cccn1C1CC1. The molecule has 0 atom stereocenters. The molecular formula is C19H19N3O. The van der Waals surface area contributed by atoms with Gasteiger partial charge in [0, 0.05) is 37.4 Å². The fourth-order valence-electron chi connectivity index (χ4n) is 3.01. The highest BCUT2D eigenvalue weighted by atomic mass is 16.2. The largest absolute Gasteiger partial charge is 0.340 e. The van der Waals surface area contributed by atoms with Crippen LogP contribution < -0.4 is 0 Å². The fourth-order valence-corrected chi connectivity index (χ4v) is 3.01. The molecule has 1 amide bonds. The van der Waals surface area contributed by atoms with Gasteiger partial charge in [-0.15, -0.1) is 0 Å². The molecule has 0 aliphatic heterocycles. The Morgan fingerprint density at radius 1 is 1.26 bits per heavy atom. The predicted octanol–water partition coefficient (Wildman–Crippen LogP) is 3.64. The van der Waals surface area contributed by atoms with Crippen molar-refractivity contribution in [2.24, 2.45) is 0 Å². The van der Waals surface area contributed by atoms with Crippen molar-refractivity contribution in [1.82, 2.24) is 14.5 Å². The number of pyridine rings is 1. The van der Waals surface area contributed by atoms with E-state index in [-0.39, 0.29) is 5.91 Å². The highest BCUT2D eigenvalue weighted by Crippen LogP contribution is 2.36. The van der Waals surface area contributed by atoms with Gasteiger partial charge in [-0.1, -0.05) is 12.1 Å². The summed E-state index contributed by atoms with van der Waals surface area (Å²) >= 11 is 0. The van der Waals surface area contributed by atoms with Crippen LogP contribution in [0, 0.1) is 0 Å². The maximum Gasteiger partial charge on any atom is 0.270 e. The van der Waals surface area contributed by atoms with Crippen molar-refractivity contribution in [2.45, 2.75) is 25.4 Å². The van der Waals surface area contributed by atoms with Gasteiger partial charge in [0.15, 0.2) is 0 Å². The molecule has 0 N–H and O–H groups in total. The number of benzene rings is 1. The monoisotopic (exact) mass is 305 g/mol. The van der Waals surface area contributed by atoms with Crippen LogP contribution in [0.15, 0.2) is 54.9 Å². The zero-order valence-electron chi connectivity index (χ0n) is 13.1. The van der Waals surface area contributed by atoms with Crippen LogP contribution in [0.5, 0.6) is 0 Å². The van der Waals surface area contributed by atoms with Gasteiger partial charge in [-0.2, -0.15) is 0 Å². The standard InChI is InChI=1S/C19H19N3O/c1-21(19(23)18-5-3-11-22(18)16-7-8-16)13-14-6-9-17-15(12-14)4-2-10-20-17/h2-6,9-12,16H,7-8,13H2,1H3. The lowest BCUT2D eigenvalue weighted by atomic mass is 10.1. The number of fused-ring (bicyclic) bond motifs is 1. The third kappa shape index (κ3) is 2.72. The van der Waals surface area contributed by atoms with Crippen molar-refractivity contribution < 1.29 is 4.79 Å². The summed E-state index contributed by atoms with van der Waals surface area (Å²) < 4.78 is 2.11. The average Bonchev–Trinajstić information content (AvgIpc) is 3.31. The number of amides is 1. The van der Waals surface area contributed by atoms with E-state index in [2.05, 4.69) is 15.6 Å². The summed E-state index contributed by atoms with van der Waals surface area (Å²) in [7, 11) is 1.86. The fraction of sp³-hybridized carbons (Fsp3) is 0.263. The highest BCUT2D eigenvalue weighted by Gasteiger charge is 2.27. The van der Waals surface area contributed by atoms with Gasteiger partial charge >= 0.3 is 0 Å². The van der Waals surface area contributed by atoms with E-state index in [9.17, 15) is 4.79 Å². The maximum absolute atomic E-state index is 12.7. The van der Waals surface area contributed by atoms with E-state index in [1.54, 1.807) is 11.1 Å². The number of hydrogen-bond acceptors (Lipinski definition) is 2. The van der Waals surface area contributed by atoms with Gasteiger partial charge in [0.2, 0.25) is 0 Å². The molecule has 1 aliphatic carbocycles. The number of carbonyl (C=O) groups is 1. The van der Waals surface area contributed by atoms with Gasteiger partial charge in [-0.05, 0) is 48.7 Å². The normalized spacial score (nSPS) is 14.1. The van der Waals surface area contributed by atoms with E-state index in [4.69, 9.17) is 0 Å². The van der Waals surface area contributed by atoms with Crippen LogP contribution >= 0.6 is 0 Å². The first-order valence-corrected chi connectivity index (χ1v) is 7.98. The quantitative estimate of drug-likeness (QED) is 0.738. The van der Waals surface area contributed by atoms with Crippen LogP contribution in [0.2, 0.25) is 0 Å². The molecule has 0 unspecified atom stereocenters.